The van der Waals surface area contributed by atoms with Gasteiger partial charge in [0.1, 0.15) is 0 Å². The third kappa shape index (κ3) is 2.21. The van der Waals surface area contributed by atoms with Gasteiger partial charge in [0.2, 0.25) is 11.5 Å². The minimum absolute atomic E-state index is 0.0436. The molecular weight excluding hydrogens is 333 g/mol. The lowest BCUT2D eigenvalue weighted by atomic mass is 9.85. The second kappa shape index (κ2) is 5.17. The zero-order chi connectivity index (χ0) is 17.8. The molecule has 3 aromatic rings. The minimum atomic E-state index is -4.84. The molecule has 0 saturated carbocycles. The molecule has 4 rings (SSSR count). The maximum absolute atomic E-state index is 13.5. The molecule has 1 aliphatic rings. The van der Waals surface area contributed by atoms with Gasteiger partial charge in [-0.2, -0.15) is 13.2 Å². The summed E-state index contributed by atoms with van der Waals surface area (Å²) in [7, 11) is 0. The van der Waals surface area contributed by atoms with Crippen LogP contribution in [-0.2, 0) is 6.18 Å². The predicted octanol–water partition coefficient (Wildman–Crippen LogP) is 4.74. The Bertz CT molecular complexity index is 1010. The van der Waals surface area contributed by atoms with Crippen molar-refractivity contribution in [2.45, 2.75) is 6.18 Å². The van der Waals surface area contributed by atoms with Crippen molar-refractivity contribution in [2.24, 2.45) is 0 Å². The first-order chi connectivity index (χ1) is 11.9. The second-order valence-corrected chi connectivity index (χ2v) is 5.58. The number of ketones is 2. The van der Waals surface area contributed by atoms with Crippen molar-refractivity contribution < 1.29 is 27.2 Å². The van der Waals surface area contributed by atoms with Gasteiger partial charge in [0.25, 0.3) is 0 Å². The van der Waals surface area contributed by atoms with Crippen molar-refractivity contribution in [1.29, 1.82) is 0 Å². The topological polar surface area (TPSA) is 47.3 Å². The van der Waals surface area contributed by atoms with Gasteiger partial charge in [-0.05, 0) is 5.56 Å². The van der Waals surface area contributed by atoms with Crippen molar-refractivity contribution in [1.82, 2.24) is 0 Å². The lowest BCUT2D eigenvalue weighted by molar-refractivity contribution is -0.152. The molecule has 0 fully saturated rings. The molecule has 124 valence electrons. The van der Waals surface area contributed by atoms with E-state index < -0.39 is 34.8 Å². The average molecular weight is 342 g/mol. The lowest BCUT2D eigenvalue weighted by Gasteiger charge is -2.14. The molecule has 1 aromatic heterocycles. The van der Waals surface area contributed by atoms with Gasteiger partial charge >= 0.3 is 6.18 Å². The molecule has 2 aromatic carbocycles. The van der Waals surface area contributed by atoms with E-state index in [1.807, 2.05) is 0 Å². The van der Waals surface area contributed by atoms with Crippen LogP contribution in [0.2, 0.25) is 0 Å². The molecule has 1 heterocycles. The first-order valence-electron chi connectivity index (χ1n) is 7.37. The molecule has 0 bridgehead atoms. The highest BCUT2D eigenvalue weighted by Crippen LogP contribution is 2.45. The molecule has 0 saturated heterocycles. The van der Waals surface area contributed by atoms with E-state index in [2.05, 4.69) is 0 Å². The molecule has 1 aliphatic carbocycles. The number of halogens is 3. The number of furan rings is 1. The maximum Gasteiger partial charge on any atom is 0.450 e. The van der Waals surface area contributed by atoms with Crippen molar-refractivity contribution in [3.05, 3.63) is 82.8 Å². The number of fused-ring (bicyclic) bond motifs is 2. The fraction of sp³-hybridized carbons (Fsp3) is 0.0526. The van der Waals surface area contributed by atoms with Crippen LogP contribution in [-0.4, -0.2) is 11.6 Å². The Balaban J connectivity index is 2.08. The van der Waals surface area contributed by atoms with E-state index >= 15 is 0 Å². The highest BCUT2D eigenvalue weighted by molar-refractivity contribution is 6.29. The standard InChI is InChI=1S/C19H9F3O3/c20-19(21,22)18-13(10-6-2-1-3-7-10)14-15(23)11-8-4-5-9-12(11)16(24)17(14)25-18/h1-9H. The van der Waals surface area contributed by atoms with Crippen LogP contribution in [0.15, 0.2) is 59.0 Å². The third-order valence-corrected chi connectivity index (χ3v) is 4.08. The van der Waals surface area contributed by atoms with Crippen molar-refractivity contribution >= 4 is 11.6 Å². The third-order valence-electron chi connectivity index (χ3n) is 4.08. The van der Waals surface area contributed by atoms with Crippen LogP contribution in [0.4, 0.5) is 13.2 Å². The van der Waals surface area contributed by atoms with Crippen molar-refractivity contribution in [2.75, 3.05) is 0 Å². The molecule has 0 aliphatic heterocycles. The van der Waals surface area contributed by atoms with E-state index in [0.717, 1.165) is 0 Å². The van der Waals surface area contributed by atoms with E-state index in [0.29, 0.717) is 0 Å². The van der Waals surface area contributed by atoms with Gasteiger partial charge in [-0.1, -0.05) is 54.6 Å². The summed E-state index contributed by atoms with van der Waals surface area (Å²) in [5.74, 6) is -3.27. The van der Waals surface area contributed by atoms with E-state index in [4.69, 9.17) is 4.42 Å². The molecule has 6 heteroatoms. The Morgan fingerprint density at radius 3 is 1.88 bits per heavy atom. The molecule has 0 radical (unpaired) electrons. The molecule has 0 amide bonds. The smallest absolute Gasteiger partial charge is 0.447 e. The number of rotatable bonds is 1. The minimum Gasteiger partial charge on any atom is -0.447 e. The summed E-state index contributed by atoms with van der Waals surface area (Å²) in [5, 5.41) is 0. The lowest BCUT2D eigenvalue weighted by Crippen LogP contribution is -2.19. The highest BCUT2D eigenvalue weighted by atomic mass is 19.4. The zero-order valence-electron chi connectivity index (χ0n) is 12.6. The summed E-state index contributed by atoms with van der Waals surface area (Å²) in [6.07, 6.45) is -4.84. The molecule has 0 atom stereocenters. The quantitative estimate of drug-likeness (QED) is 0.502. The number of carbonyl (C=O) groups is 2. The first-order valence-corrected chi connectivity index (χ1v) is 7.37. The molecule has 3 nitrogen and oxygen atoms in total. The Kier molecular flexibility index (Phi) is 3.18. The van der Waals surface area contributed by atoms with Crippen LogP contribution < -0.4 is 0 Å². The number of alkyl halides is 3. The summed E-state index contributed by atoms with van der Waals surface area (Å²) in [6, 6.07) is 13.6. The summed E-state index contributed by atoms with van der Waals surface area (Å²) in [4.78, 5) is 25.4. The summed E-state index contributed by atoms with van der Waals surface area (Å²) in [6.45, 7) is 0. The Morgan fingerprint density at radius 2 is 1.28 bits per heavy atom. The van der Waals surface area contributed by atoms with Gasteiger partial charge in [0.15, 0.2) is 11.5 Å². The number of hydrogen-bond donors (Lipinski definition) is 0. The van der Waals surface area contributed by atoms with Gasteiger partial charge in [-0.3, -0.25) is 9.59 Å². The van der Waals surface area contributed by atoms with Crippen LogP contribution >= 0.6 is 0 Å². The van der Waals surface area contributed by atoms with Gasteiger partial charge < -0.3 is 4.42 Å². The van der Waals surface area contributed by atoms with E-state index in [-0.39, 0.29) is 22.3 Å². The van der Waals surface area contributed by atoms with Gasteiger partial charge in [0, 0.05) is 16.7 Å². The van der Waals surface area contributed by atoms with Crippen LogP contribution in [0.5, 0.6) is 0 Å². The summed E-state index contributed by atoms with van der Waals surface area (Å²) >= 11 is 0. The maximum atomic E-state index is 13.5. The van der Waals surface area contributed by atoms with E-state index in [1.54, 1.807) is 30.3 Å². The monoisotopic (exact) mass is 342 g/mol. The number of hydrogen-bond acceptors (Lipinski definition) is 3. The molecule has 0 spiro atoms. The normalized spacial score (nSPS) is 13.6. The van der Waals surface area contributed by atoms with Crippen LogP contribution in [0.1, 0.15) is 37.8 Å². The Morgan fingerprint density at radius 1 is 0.720 bits per heavy atom. The second-order valence-electron chi connectivity index (χ2n) is 5.58. The average Bonchev–Trinajstić information content (AvgIpc) is 3.02. The van der Waals surface area contributed by atoms with E-state index in [1.165, 1.54) is 24.3 Å². The van der Waals surface area contributed by atoms with Crippen LogP contribution in [0.25, 0.3) is 11.1 Å². The fourth-order valence-corrected chi connectivity index (χ4v) is 3.02. The largest absolute Gasteiger partial charge is 0.450 e. The molecular formula is C19H9F3O3. The van der Waals surface area contributed by atoms with Gasteiger partial charge in [-0.15, -0.1) is 0 Å². The Labute approximate surface area is 139 Å². The SMILES string of the molecule is O=C1c2ccccc2C(=O)c2c1oc(C(F)(F)F)c2-c1ccccc1. The summed E-state index contributed by atoms with van der Waals surface area (Å²) < 4.78 is 45.4. The summed E-state index contributed by atoms with van der Waals surface area (Å²) in [5.41, 5.74) is -0.438. The molecule has 0 N–H and O–H groups in total. The molecule has 0 unspecified atom stereocenters. The predicted molar refractivity (Wildman–Crippen MR) is 82.5 cm³/mol. The Hall–Kier alpha value is -3.15. The molecule has 25 heavy (non-hydrogen) atoms. The van der Waals surface area contributed by atoms with Crippen molar-refractivity contribution in [3.63, 3.8) is 0 Å². The first kappa shape index (κ1) is 15.4. The van der Waals surface area contributed by atoms with Crippen LogP contribution in [0, 0.1) is 0 Å². The highest BCUT2D eigenvalue weighted by Gasteiger charge is 2.45. The number of carbonyl (C=O) groups excluding carboxylic acids is 2. The van der Waals surface area contributed by atoms with E-state index in [9.17, 15) is 22.8 Å². The zero-order valence-corrected chi connectivity index (χ0v) is 12.6. The number of benzene rings is 2. The van der Waals surface area contributed by atoms with Crippen molar-refractivity contribution in [3.8, 4) is 11.1 Å². The fourth-order valence-electron chi connectivity index (χ4n) is 3.02. The van der Waals surface area contributed by atoms with Crippen LogP contribution in [0.3, 0.4) is 0 Å². The van der Waals surface area contributed by atoms with Gasteiger partial charge in [-0.25, -0.2) is 0 Å². The van der Waals surface area contributed by atoms with Gasteiger partial charge in [0.05, 0.1) is 5.56 Å².